The molecule has 4 nitrogen and oxygen atoms in total. The van der Waals surface area contributed by atoms with E-state index in [-0.39, 0.29) is 21.6 Å². The Balaban J connectivity index is 2.21. The molecule has 0 fully saturated rings. The van der Waals surface area contributed by atoms with E-state index >= 15 is 0 Å². The van der Waals surface area contributed by atoms with Gasteiger partial charge in [0, 0.05) is 0 Å². The monoisotopic (exact) mass is 284 g/mol. The Hall–Kier alpha value is -1.65. The van der Waals surface area contributed by atoms with Crippen molar-refractivity contribution < 1.29 is 9.90 Å². The van der Waals surface area contributed by atoms with Crippen molar-refractivity contribution >= 4 is 34.8 Å². The highest BCUT2D eigenvalue weighted by molar-refractivity contribution is 6.41. The number of aromatic amines is 1. The van der Waals surface area contributed by atoms with Gasteiger partial charge in [0.2, 0.25) is 0 Å². The van der Waals surface area contributed by atoms with Gasteiger partial charge < -0.3 is 15.4 Å². The minimum absolute atomic E-state index is 0.00657. The van der Waals surface area contributed by atoms with Crippen molar-refractivity contribution in [2.24, 2.45) is 0 Å². The van der Waals surface area contributed by atoms with Crippen molar-refractivity contribution in [3.8, 4) is 5.75 Å². The van der Waals surface area contributed by atoms with E-state index in [9.17, 15) is 9.90 Å². The predicted octanol–water partition coefficient (Wildman–Crippen LogP) is 3.59. The molecular weight excluding hydrogens is 275 g/mol. The lowest BCUT2D eigenvalue weighted by Gasteiger charge is -2.06. The molecule has 0 aliphatic heterocycles. The second-order valence-electron chi connectivity index (χ2n) is 3.82. The molecule has 2 aromatic rings. The van der Waals surface area contributed by atoms with Crippen molar-refractivity contribution in [3.05, 3.63) is 45.7 Å². The highest BCUT2D eigenvalue weighted by Gasteiger charge is 2.13. The number of hydrogen-bond acceptors (Lipinski definition) is 2. The molecule has 0 atom stereocenters. The Kier molecular flexibility index (Phi) is 3.50. The van der Waals surface area contributed by atoms with Gasteiger partial charge in [-0.15, -0.1) is 0 Å². The zero-order chi connectivity index (χ0) is 13.3. The van der Waals surface area contributed by atoms with Crippen molar-refractivity contribution in [2.75, 3.05) is 5.32 Å². The van der Waals surface area contributed by atoms with E-state index < -0.39 is 5.91 Å². The summed E-state index contributed by atoms with van der Waals surface area (Å²) in [5, 5.41) is 12.7. The zero-order valence-corrected chi connectivity index (χ0v) is 10.9. The molecule has 0 radical (unpaired) electrons. The molecule has 0 saturated heterocycles. The number of benzene rings is 1. The van der Waals surface area contributed by atoms with Crippen LogP contribution in [0.1, 0.15) is 16.1 Å². The minimum Gasteiger partial charge on any atom is -0.506 e. The van der Waals surface area contributed by atoms with E-state index in [4.69, 9.17) is 23.2 Å². The number of phenols is 1. The number of carbonyl (C=O) groups is 1. The molecule has 0 bridgehead atoms. The van der Waals surface area contributed by atoms with E-state index in [1.807, 2.05) is 6.92 Å². The lowest BCUT2D eigenvalue weighted by molar-refractivity contribution is 0.102. The van der Waals surface area contributed by atoms with Crippen LogP contribution < -0.4 is 5.32 Å². The quantitative estimate of drug-likeness (QED) is 0.738. The molecule has 1 amide bonds. The molecule has 0 aliphatic rings. The number of carbonyl (C=O) groups excluding carboxylic acids is 1. The third-order valence-corrected chi connectivity index (χ3v) is 3.06. The largest absolute Gasteiger partial charge is 0.506 e. The van der Waals surface area contributed by atoms with Crippen LogP contribution in [0, 0.1) is 6.92 Å². The standard InChI is InChI=1S/C12H10Cl2N2O2/c1-6-2-3-8(10(17)4-6)16-12(18)9-5-7(13)11(14)15-9/h2-5,15,17H,1H3,(H,16,18). The highest BCUT2D eigenvalue weighted by atomic mass is 35.5. The Morgan fingerprint density at radius 3 is 2.61 bits per heavy atom. The van der Waals surface area contributed by atoms with Crippen LogP contribution in [-0.4, -0.2) is 16.0 Å². The molecule has 6 heteroatoms. The molecule has 18 heavy (non-hydrogen) atoms. The molecule has 1 aromatic heterocycles. The average Bonchev–Trinajstić information content (AvgIpc) is 2.63. The summed E-state index contributed by atoms with van der Waals surface area (Å²) in [6, 6.07) is 6.38. The van der Waals surface area contributed by atoms with Gasteiger partial charge in [0.05, 0.1) is 10.7 Å². The minimum atomic E-state index is -0.428. The first-order chi connectivity index (χ1) is 8.47. The predicted molar refractivity (Wildman–Crippen MR) is 71.6 cm³/mol. The van der Waals surface area contributed by atoms with Crippen LogP contribution in [0.5, 0.6) is 5.75 Å². The number of halogens is 2. The number of aromatic nitrogens is 1. The molecule has 3 N–H and O–H groups in total. The summed E-state index contributed by atoms with van der Waals surface area (Å²) in [4.78, 5) is 14.5. The van der Waals surface area contributed by atoms with Crippen molar-refractivity contribution in [1.29, 1.82) is 0 Å². The van der Waals surface area contributed by atoms with Crippen LogP contribution in [0.4, 0.5) is 5.69 Å². The van der Waals surface area contributed by atoms with E-state index in [1.54, 1.807) is 18.2 Å². The van der Waals surface area contributed by atoms with Gasteiger partial charge in [-0.3, -0.25) is 4.79 Å². The Bertz CT molecular complexity index is 589. The molecule has 0 unspecified atom stereocenters. The summed E-state index contributed by atoms with van der Waals surface area (Å²) in [7, 11) is 0. The van der Waals surface area contributed by atoms with Gasteiger partial charge in [-0.05, 0) is 30.7 Å². The molecule has 0 aliphatic carbocycles. The lowest BCUT2D eigenvalue weighted by atomic mass is 10.2. The highest BCUT2D eigenvalue weighted by Crippen LogP contribution is 2.26. The molecule has 2 rings (SSSR count). The van der Waals surface area contributed by atoms with Crippen LogP contribution in [0.3, 0.4) is 0 Å². The summed E-state index contributed by atoms with van der Waals surface area (Å²) < 4.78 is 0. The fraction of sp³-hybridized carbons (Fsp3) is 0.0833. The number of nitrogens with one attached hydrogen (secondary N) is 2. The third kappa shape index (κ3) is 2.60. The topological polar surface area (TPSA) is 65.1 Å². The van der Waals surface area contributed by atoms with Crippen LogP contribution in [-0.2, 0) is 0 Å². The van der Waals surface area contributed by atoms with Crippen LogP contribution in [0.2, 0.25) is 10.2 Å². The summed E-state index contributed by atoms with van der Waals surface area (Å²) in [6.45, 7) is 1.84. The first kappa shape index (κ1) is 12.8. The molecule has 94 valence electrons. The number of amides is 1. The first-order valence-electron chi connectivity index (χ1n) is 5.12. The van der Waals surface area contributed by atoms with Gasteiger partial charge >= 0.3 is 0 Å². The smallest absolute Gasteiger partial charge is 0.272 e. The van der Waals surface area contributed by atoms with Gasteiger partial charge in [0.15, 0.2) is 0 Å². The van der Waals surface area contributed by atoms with Gasteiger partial charge in [-0.1, -0.05) is 29.3 Å². The van der Waals surface area contributed by atoms with E-state index in [0.29, 0.717) is 5.69 Å². The summed E-state index contributed by atoms with van der Waals surface area (Å²) in [5.74, 6) is -0.421. The van der Waals surface area contributed by atoms with Gasteiger partial charge in [-0.25, -0.2) is 0 Å². The molecular formula is C12H10Cl2N2O2. The zero-order valence-electron chi connectivity index (χ0n) is 9.42. The Labute approximate surface area is 114 Å². The lowest BCUT2D eigenvalue weighted by Crippen LogP contribution is -2.12. The van der Waals surface area contributed by atoms with Crippen molar-refractivity contribution in [1.82, 2.24) is 4.98 Å². The normalized spacial score (nSPS) is 10.4. The summed E-state index contributed by atoms with van der Waals surface area (Å²) in [5.41, 5.74) is 1.45. The van der Waals surface area contributed by atoms with E-state index in [2.05, 4.69) is 10.3 Å². The molecule has 1 aromatic carbocycles. The fourth-order valence-electron chi connectivity index (χ4n) is 1.46. The van der Waals surface area contributed by atoms with Gasteiger partial charge in [-0.2, -0.15) is 0 Å². The first-order valence-corrected chi connectivity index (χ1v) is 5.88. The van der Waals surface area contributed by atoms with Gasteiger partial charge in [0.25, 0.3) is 5.91 Å². The Morgan fingerprint density at radius 2 is 2.06 bits per heavy atom. The number of phenolic OH excluding ortho intramolecular Hbond substituents is 1. The van der Waals surface area contributed by atoms with E-state index in [1.165, 1.54) is 6.07 Å². The molecule has 1 heterocycles. The van der Waals surface area contributed by atoms with Crippen LogP contribution >= 0.6 is 23.2 Å². The number of aryl methyl sites for hydroxylation is 1. The average molecular weight is 285 g/mol. The second kappa shape index (κ2) is 4.92. The maximum absolute atomic E-state index is 11.8. The third-order valence-electron chi connectivity index (χ3n) is 2.37. The molecule has 0 spiro atoms. The maximum Gasteiger partial charge on any atom is 0.272 e. The maximum atomic E-state index is 11.8. The van der Waals surface area contributed by atoms with Crippen molar-refractivity contribution in [2.45, 2.75) is 6.92 Å². The SMILES string of the molecule is Cc1ccc(NC(=O)c2cc(Cl)c(Cl)[nH]2)c(O)c1. The molecule has 0 saturated carbocycles. The van der Waals surface area contributed by atoms with Crippen LogP contribution in [0.25, 0.3) is 0 Å². The summed E-state index contributed by atoms with van der Waals surface area (Å²) >= 11 is 11.4. The van der Waals surface area contributed by atoms with Crippen molar-refractivity contribution in [3.63, 3.8) is 0 Å². The number of anilines is 1. The number of H-pyrrole nitrogens is 1. The number of rotatable bonds is 2. The van der Waals surface area contributed by atoms with Gasteiger partial charge in [0.1, 0.15) is 16.6 Å². The Morgan fingerprint density at radius 1 is 1.33 bits per heavy atom. The van der Waals surface area contributed by atoms with E-state index in [0.717, 1.165) is 5.56 Å². The summed E-state index contributed by atoms with van der Waals surface area (Å²) in [6.07, 6.45) is 0. The number of aromatic hydroxyl groups is 1. The number of hydrogen-bond donors (Lipinski definition) is 3. The van der Waals surface area contributed by atoms with Crippen LogP contribution in [0.15, 0.2) is 24.3 Å². The second-order valence-corrected chi connectivity index (χ2v) is 4.60. The fourth-order valence-corrected chi connectivity index (χ4v) is 1.78.